The molecule has 31 heavy (non-hydrogen) atoms. The minimum Gasteiger partial charge on any atom is -0.545 e. The summed E-state index contributed by atoms with van der Waals surface area (Å²) in [4.78, 5) is 26.5. The van der Waals surface area contributed by atoms with Crippen LogP contribution in [0.1, 0.15) is 75.2 Å². The first-order valence-electron chi connectivity index (χ1n) is 11.9. The van der Waals surface area contributed by atoms with Crippen LogP contribution in [0.5, 0.6) is 0 Å². The first kappa shape index (κ1) is 25.7. The molecule has 0 N–H and O–H groups in total. The molecule has 2 aliphatic carbocycles. The van der Waals surface area contributed by atoms with E-state index in [1.807, 2.05) is 6.08 Å². The molecule has 0 aromatic rings. The monoisotopic (exact) mass is 450 g/mol. The molecule has 0 aromatic heterocycles. The van der Waals surface area contributed by atoms with Gasteiger partial charge < -0.3 is 13.9 Å². The number of carbonyl (C=O) groups is 2. The average Bonchev–Trinajstić information content (AvgIpc) is 3.01. The van der Waals surface area contributed by atoms with E-state index >= 15 is 0 Å². The standard InChI is InChI=1S/C25H42O5Si/c1-10-28-22(26)25(23(27)29-11-2)16-12-15-24(9)20(25)13-14-21(24)30-31(17(3)4,18(5)6)19(7)8/h12,14-15,17-20H,10-11,13,16H2,1-9H3/t20-,24-/m1/s1. The molecule has 0 saturated heterocycles. The van der Waals surface area contributed by atoms with E-state index in [4.69, 9.17) is 13.9 Å². The topological polar surface area (TPSA) is 61.8 Å². The van der Waals surface area contributed by atoms with Gasteiger partial charge in [-0.1, -0.05) is 53.7 Å². The van der Waals surface area contributed by atoms with E-state index in [0.717, 1.165) is 5.76 Å². The molecule has 2 rings (SSSR count). The first-order chi connectivity index (χ1) is 14.4. The van der Waals surface area contributed by atoms with Crippen LogP contribution in [0.4, 0.5) is 0 Å². The first-order valence-corrected chi connectivity index (χ1v) is 14.0. The Bertz CT molecular complexity index is 696. The Hall–Kier alpha value is -1.56. The van der Waals surface area contributed by atoms with Crippen molar-refractivity contribution in [3.05, 3.63) is 24.0 Å². The van der Waals surface area contributed by atoms with Crippen LogP contribution in [0.2, 0.25) is 16.6 Å². The van der Waals surface area contributed by atoms with Gasteiger partial charge in [-0.25, -0.2) is 0 Å². The summed E-state index contributed by atoms with van der Waals surface area (Å²) in [5.41, 5.74) is -0.584. The van der Waals surface area contributed by atoms with Gasteiger partial charge in [-0.3, -0.25) is 9.59 Å². The molecular formula is C25H42O5Si. The summed E-state index contributed by atoms with van der Waals surface area (Å²) in [7, 11) is -2.18. The van der Waals surface area contributed by atoms with Gasteiger partial charge in [0.05, 0.1) is 19.0 Å². The van der Waals surface area contributed by atoms with Gasteiger partial charge in [0.25, 0.3) is 8.32 Å². The van der Waals surface area contributed by atoms with Crippen molar-refractivity contribution in [1.82, 2.24) is 0 Å². The summed E-state index contributed by atoms with van der Waals surface area (Å²) < 4.78 is 17.9. The lowest BCUT2D eigenvalue weighted by Crippen LogP contribution is -2.54. The molecule has 0 aromatic carbocycles. The van der Waals surface area contributed by atoms with Crippen molar-refractivity contribution in [2.45, 2.75) is 91.8 Å². The lowest BCUT2D eigenvalue weighted by atomic mass is 9.58. The maximum absolute atomic E-state index is 13.2. The Morgan fingerprint density at radius 1 is 1.00 bits per heavy atom. The lowest BCUT2D eigenvalue weighted by molar-refractivity contribution is -0.180. The summed E-state index contributed by atoms with van der Waals surface area (Å²) in [5.74, 6) is -0.335. The van der Waals surface area contributed by atoms with Gasteiger partial charge in [-0.05, 0) is 56.3 Å². The van der Waals surface area contributed by atoms with E-state index in [9.17, 15) is 9.59 Å². The Morgan fingerprint density at radius 3 is 1.90 bits per heavy atom. The van der Waals surface area contributed by atoms with E-state index in [-0.39, 0.29) is 19.1 Å². The third-order valence-corrected chi connectivity index (χ3v) is 13.6. The molecule has 0 aliphatic heterocycles. The van der Waals surface area contributed by atoms with Crippen LogP contribution < -0.4 is 0 Å². The highest BCUT2D eigenvalue weighted by Crippen LogP contribution is 2.60. The van der Waals surface area contributed by atoms with E-state index in [1.54, 1.807) is 13.8 Å². The van der Waals surface area contributed by atoms with Gasteiger partial charge >= 0.3 is 11.9 Å². The van der Waals surface area contributed by atoms with Crippen molar-refractivity contribution in [2.24, 2.45) is 16.7 Å². The Balaban J connectivity index is 2.54. The van der Waals surface area contributed by atoms with Gasteiger partial charge in [0.1, 0.15) is 0 Å². The summed E-state index contributed by atoms with van der Waals surface area (Å²) in [6.45, 7) is 19.7. The molecule has 0 spiro atoms. The number of hydrogen-bond donors (Lipinski definition) is 0. The maximum Gasteiger partial charge on any atom is 0.324 e. The van der Waals surface area contributed by atoms with Crippen LogP contribution in [0.15, 0.2) is 24.0 Å². The molecule has 2 atom stereocenters. The van der Waals surface area contributed by atoms with Gasteiger partial charge in [-0.15, -0.1) is 0 Å². The number of fused-ring (bicyclic) bond motifs is 1. The fourth-order valence-corrected chi connectivity index (χ4v) is 11.5. The van der Waals surface area contributed by atoms with E-state index in [2.05, 4.69) is 60.6 Å². The van der Waals surface area contributed by atoms with Crippen LogP contribution in [0.3, 0.4) is 0 Å². The molecule has 0 unspecified atom stereocenters. The zero-order chi connectivity index (χ0) is 23.6. The molecule has 0 saturated carbocycles. The highest BCUT2D eigenvalue weighted by Gasteiger charge is 2.64. The predicted molar refractivity (Wildman–Crippen MR) is 126 cm³/mol. The van der Waals surface area contributed by atoms with Crippen LogP contribution in [0, 0.1) is 16.7 Å². The summed E-state index contributed by atoms with van der Waals surface area (Å²) in [5, 5.41) is 0. The normalized spacial score (nSPS) is 24.9. The minimum absolute atomic E-state index is 0.230. The number of carbonyl (C=O) groups excluding carboxylic acids is 2. The van der Waals surface area contributed by atoms with Gasteiger partial charge in [0.15, 0.2) is 5.41 Å². The number of rotatable bonds is 9. The molecule has 0 heterocycles. The number of ether oxygens (including phenoxy) is 2. The number of hydrogen-bond acceptors (Lipinski definition) is 5. The highest BCUT2D eigenvalue weighted by atomic mass is 28.4. The Morgan fingerprint density at radius 2 is 1.48 bits per heavy atom. The fraction of sp³-hybridized carbons (Fsp3) is 0.760. The lowest BCUT2D eigenvalue weighted by Gasteiger charge is -2.49. The molecule has 0 bridgehead atoms. The second-order valence-corrected chi connectivity index (χ2v) is 15.5. The van der Waals surface area contributed by atoms with Crippen LogP contribution in [0.25, 0.3) is 0 Å². The van der Waals surface area contributed by atoms with Crippen molar-refractivity contribution in [3.8, 4) is 0 Å². The fourth-order valence-electron chi connectivity index (χ4n) is 6.15. The van der Waals surface area contributed by atoms with E-state index < -0.39 is 31.1 Å². The molecule has 0 fully saturated rings. The predicted octanol–water partition coefficient (Wildman–Crippen LogP) is 6.16. The summed E-state index contributed by atoms with van der Waals surface area (Å²) in [6, 6.07) is 0. The largest absolute Gasteiger partial charge is 0.545 e. The second-order valence-electron chi connectivity index (χ2n) is 10.1. The maximum atomic E-state index is 13.2. The molecule has 2 aliphatic rings. The summed E-state index contributed by atoms with van der Waals surface area (Å²) >= 11 is 0. The highest BCUT2D eigenvalue weighted by molar-refractivity contribution is 6.77. The van der Waals surface area contributed by atoms with E-state index in [0.29, 0.717) is 29.5 Å². The average molecular weight is 451 g/mol. The van der Waals surface area contributed by atoms with Crippen molar-refractivity contribution in [2.75, 3.05) is 13.2 Å². The zero-order valence-corrected chi connectivity index (χ0v) is 21.9. The van der Waals surface area contributed by atoms with Gasteiger partial charge in [-0.2, -0.15) is 0 Å². The molecule has 6 heteroatoms. The van der Waals surface area contributed by atoms with Crippen molar-refractivity contribution in [3.63, 3.8) is 0 Å². The molecule has 176 valence electrons. The van der Waals surface area contributed by atoms with Gasteiger partial charge in [0, 0.05) is 11.3 Å². The third kappa shape index (κ3) is 4.01. The van der Waals surface area contributed by atoms with Crippen molar-refractivity contribution < 1.29 is 23.5 Å². The van der Waals surface area contributed by atoms with E-state index in [1.165, 1.54) is 0 Å². The molecule has 0 amide bonds. The van der Waals surface area contributed by atoms with Crippen LogP contribution in [-0.4, -0.2) is 33.5 Å². The SMILES string of the molecule is CCOC(=O)C1(C(=O)OCC)CC=C[C@@]2(C)C(O[Si](C(C)C)(C(C)C)C(C)C)=CC[C@@H]12. The van der Waals surface area contributed by atoms with Crippen molar-refractivity contribution in [1.29, 1.82) is 0 Å². The summed E-state index contributed by atoms with van der Waals surface area (Å²) in [6.07, 6.45) is 7.08. The Labute approximate surface area is 189 Å². The second kappa shape index (κ2) is 9.51. The number of allylic oxidation sites excluding steroid dienone is 3. The molecular weight excluding hydrogens is 408 g/mol. The molecule has 5 nitrogen and oxygen atoms in total. The third-order valence-electron chi connectivity index (χ3n) is 7.57. The number of esters is 2. The minimum atomic E-state index is -2.18. The van der Waals surface area contributed by atoms with Crippen LogP contribution in [-0.2, 0) is 23.5 Å². The Kier molecular flexibility index (Phi) is 7.89. The zero-order valence-electron chi connectivity index (χ0n) is 20.9. The quantitative estimate of drug-likeness (QED) is 0.182. The smallest absolute Gasteiger partial charge is 0.324 e. The molecule has 0 radical (unpaired) electrons. The van der Waals surface area contributed by atoms with Gasteiger partial charge in [0.2, 0.25) is 0 Å². The van der Waals surface area contributed by atoms with Crippen LogP contribution >= 0.6 is 0 Å². The van der Waals surface area contributed by atoms with Crippen molar-refractivity contribution >= 4 is 20.3 Å².